The Morgan fingerprint density at radius 2 is 2.04 bits per heavy atom. The molecule has 5 heteroatoms. The highest BCUT2D eigenvalue weighted by molar-refractivity contribution is 6.00. The van der Waals surface area contributed by atoms with Crippen LogP contribution in [0, 0.1) is 19.8 Å². The molecule has 1 heterocycles. The monoisotopic (exact) mass is 346 g/mol. The van der Waals surface area contributed by atoms with Gasteiger partial charge in [-0.25, -0.2) is 0 Å². The van der Waals surface area contributed by atoms with E-state index < -0.39 is 0 Å². The molecular formula is C20H30N2O3. The maximum atomic E-state index is 12.4. The molecule has 138 valence electrons. The van der Waals surface area contributed by atoms with Crippen molar-refractivity contribution in [1.29, 1.82) is 0 Å². The number of hydrogen-bond acceptors (Lipinski definition) is 3. The van der Waals surface area contributed by atoms with Crippen LogP contribution in [0.5, 0.6) is 0 Å². The number of anilines is 1. The molecule has 1 N–H and O–H groups in total. The van der Waals surface area contributed by atoms with Gasteiger partial charge in [0.2, 0.25) is 11.8 Å². The Morgan fingerprint density at radius 1 is 1.28 bits per heavy atom. The summed E-state index contributed by atoms with van der Waals surface area (Å²) in [5.74, 6) is -0.278. The fourth-order valence-electron chi connectivity index (χ4n) is 3.02. The van der Waals surface area contributed by atoms with E-state index >= 15 is 0 Å². The van der Waals surface area contributed by atoms with Gasteiger partial charge in [0.25, 0.3) is 0 Å². The molecule has 1 aliphatic heterocycles. The number of carbonyl (C=O) groups is 2. The number of unbranched alkanes of at least 4 members (excludes halogenated alkanes) is 1. The van der Waals surface area contributed by atoms with E-state index in [9.17, 15) is 9.59 Å². The molecule has 1 aromatic carbocycles. The summed E-state index contributed by atoms with van der Waals surface area (Å²) < 4.78 is 5.48. The van der Waals surface area contributed by atoms with E-state index in [1.165, 1.54) is 0 Å². The van der Waals surface area contributed by atoms with Crippen molar-refractivity contribution < 1.29 is 14.3 Å². The number of hydrogen-bond donors (Lipinski definition) is 1. The van der Waals surface area contributed by atoms with E-state index in [1.807, 2.05) is 32.0 Å². The van der Waals surface area contributed by atoms with Crippen LogP contribution >= 0.6 is 0 Å². The van der Waals surface area contributed by atoms with Gasteiger partial charge in [0.1, 0.15) is 0 Å². The van der Waals surface area contributed by atoms with Crippen molar-refractivity contribution in [1.82, 2.24) is 5.32 Å². The molecule has 1 fully saturated rings. The molecule has 0 bridgehead atoms. The molecule has 1 saturated heterocycles. The topological polar surface area (TPSA) is 58.6 Å². The number of ether oxygens (including phenoxy) is 1. The van der Waals surface area contributed by atoms with Crippen molar-refractivity contribution >= 4 is 17.5 Å². The first kappa shape index (κ1) is 19.4. The summed E-state index contributed by atoms with van der Waals surface area (Å²) in [7, 11) is 0. The molecular weight excluding hydrogens is 316 g/mol. The fourth-order valence-corrected chi connectivity index (χ4v) is 3.02. The number of carbonyl (C=O) groups excluding carboxylic acids is 2. The molecule has 1 aliphatic rings. The second-order valence-corrected chi connectivity index (χ2v) is 6.73. The minimum absolute atomic E-state index is 0.0248. The summed E-state index contributed by atoms with van der Waals surface area (Å²) in [6, 6.07) is 5.94. The highest BCUT2D eigenvalue weighted by atomic mass is 16.5. The summed E-state index contributed by atoms with van der Waals surface area (Å²) in [5, 5.41) is 2.94. The van der Waals surface area contributed by atoms with Crippen molar-refractivity contribution in [3.8, 4) is 0 Å². The zero-order chi connectivity index (χ0) is 18.2. The maximum absolute atomic E-state index is 12.4. The molecule has 0 spiro atoms. The van der Waals surface area contributed by atoms with Gasteiger partial charge in [0.15, 0.2) is 0 Å². The Hall–Kier alpha value is -1.88. The SMILES string of the molecule is CCCCOCCCNC(=O)C1CC(=O)N(c2cccc(C)c2C)C1. The Morgan fingerprint density at radius 3 is 2.80 bits per heavy atom. The average molecular weight is 346 g/mol. The lowest BCUT2D eigenvalue weighted by Crippen LogP contribution is -2.34. The molecule has 1 aromatic rings. The van der Waals surface area contributed by atoms with Gasteiger partial charge in [-0.1, -0.05) is 25.5 Å². The van der Waals surface area contributed by atoms with Crippen molar-refractivity contribution in [2.45, 2.75) is 46.5 Å². The van der Waals surface area contributed by atoms with Crippen LogP contribution in [0.1, 0.15) is 43.7 Å². The van der Waals surface area contributed by atoms with Gasteiger partial charge in [-0.3, -0.25) is 9.59 Å². The van der Waals surface area contributed by atoms with E-state index in [1.54, 1.807) is 4.90 Å². The Bertz CT molecular complexity index is 601. The number of nitrogens with one attached hydrogen (secondary N) is 1. The van der Waals surface area contributed by atoms with Crippen molar-refractivity contribution in [3.05, 3.63) is 29.3 Å². The minimum atomic E-state index is -0.270. The largest absolute Gasteiger partial charge is 0.381 e. The predicted octanol–water partition coefficient (Wildman–Crippen LogP) is 2.98. The molecule has 0 saturated carbocycles. The zero-order valence-electron chi connectivity index (χ0n) is 15.6. The molecule has 2 rings (SSSR count). The van der Waals surface area contributed by atoms with E-state index in [4.69, 9.17) is 4.74 Å². The third-order valence-corrected chi connectivity index (χ3v) is 4.77. The lowest BCUT2D eigenvalue weighted by Gasteiger charge is -2.20. The van der Waals surface area contributed by atoms with Gasteiger partial charge < -0.3 is 15.0 Å². The fraction of sp³-hybridized carbons (Fsp3) is 0.600. The zero-order valence-corrected chi connectivity index (χ0v) is 15.6. The second-order valence-electron chi connectivity index (χ2n) is 6.73. The van der Waals surface area contributed by atoms with Crippen LogP contribution in [0.15, 0.2) is 18.2 Å². The van der Waals surface area contributed by atoms with Crippen LogP contribution in [0.25, 0.3) is 0 Å². The molecule has 25 heavy (non-hydrogen) atoms. The van der Waals surface area contributed by atoms with Crippen molar-refractivity contribution in [3.63, 3.8) is 0 Å². The first-order valence-electron chi connectivity index (χ1n) is 9.26. The summed E-state index contributed by atoms with van der Waals surface area (Å²) in [4.78, 5) is 26.4. The summed E-state index contributed by atoms with van der Waals surface area (Å²) in [6.45, 7) is 8.69. The van der Waals surface area contributed by atoms with E-state index in [0.717, 1.165) is 42.7 Å². The van der Waals surface area contributed by atoms with Gasteiger partial charge in [0, 0.05) is 38.4 Å². The number of nitrogens with zero attached hydrogens (tertiary/aromatic N) is 1. The first-order valence-corrected chi connectivity index (χ1v) is 9.26. The van der Waals surface area contributed by atoms with Crippen LogP contribution in [-0.4, -0.2) is 38.1 Å². The van der Waals surface area contributed by atoms with Gasteiger partial charge in [-0.15, -0.1) is 0 Å². The van der Waals surface area contributed by atoms with Gasteiger partial charge in [-0.05, 0) is 43.9 Å². The Balaban J connectivity index is 1.79. The third kappa shape index (κ3) is 5.30. The van der Waals surface area contributed by atoms with Crippen molar-refractivity contribution in [2.75, 3.05) is 31.2 Å². The molecule has 5 nitrogen and oxygen atoms in total. The summed E-state index contributed by atoms with van der Waals surface area (Å²) >= 11 is 0. The molecule has 0 radical (unpaired) electrons. The highest BCUT2D eigenvalue weighted by Gasteiger charge is 2.35. The van der Waals surface area contributed by atoms with Crippen molar-refractivity contribution in [2.24, 2.45) is 5.92 Å². The Labute approximate surface area is 150 Å². The van der Waals surface area contributed by atoms with Crippen LogP contribution < -0.4 is 10.2 Å². The van der Waals surface area contributed by atoms with Gasteiger partial charge in [0.05, 0.1) is 5.92 Å². The lowest BCUT2D eigenvalue weighted by molar-refractivity contribution is -0.126. The maximum Gasteiger partial charge on any atom is 0.227 e. The quantitative estimate of drug-likeness (QED) is 0.699. The summed E-state index contributed by atoms with van der Waals surface area (Å²) in [5.41, 5.74) is 3.17. The van der Waals surface area contributed by atoms with Crippen LogP contribution in [0.3, 0.4) is 0 Å². The number of benzene rings is 1. The van der Waals surface area contributed by atoms with E-state index in [0.29, 0.717) is 19.7 Å². The molecule has 0 aliphatic carbocycles. The highest BCUT2D eigenvalue weighted by Crippen LogP contribution is 2.29. The standard InChI is InChI=1S/C20H30N2O3/c1-4-5-11-25-12-7-10-21-20(24)17-13-19(23)22(14-17)18-9-6-8-15(2)16(18)3/h6,8-9,17H,4-5,7,10-14H2,1-3H3,(H,21,24). The van der Waals surface area contributed by atoms with Gasteiger partial charge in [-0.2, -0.15) is 0 Å². The predicted molar refractivity (Wildman–Crippen MR) is 99.7 cm³/mol. The first-order chi connectivity index (χ1) is 12.0. The third-order valence-electron chi connectivity index (χ3n) is 4.77. The molecule has 1 unspecified atom stereocenters. The number of aryl methyl sites for hydroxylation is 1. The number of rotatable bonds is 9. The van der Waals surface area contributed by atoms with Crippen LogP contribution in [0.4, 0.5) is 5.69 Å². The number of amides is 2. The van der Waals surface area contributed by atoms with Crippen LogP contribution in [0.2, 0.25) is 0 Å². The van der Waals surface area contributed by atoms with E-state index in [-0.39, 0.29) is 24.2 Å². The normalized spacial score (nSPS) is 17.2. The second kappa shape index (κ2) is 9.56. The van der Waals surface area contributed by atoms with Gasteiger partial charge >= 0.3 is 0 Å². The molecule has 0 aromatic heterocycles. The molecule has 2 amide bonds. The molecule has 1 atom stereocenters. The Kier molecular flexibility index (Phi) is 7.44. The average Bonchev–Trinajstić information content (AvgIpc) is 2.98. The smallest absolute Gasteiger partial charge is 0.227 e. The minimum Gasteiger partial charge on any atom is -0.381 e. The van der Waals surface area contributed by atoms with Crippen LogP contribution in [-0.2, 0) is 14.3 Å². The summed E-state index contributed by atoms with van der Waals surface area (Å²) in [6.07, 6.45) is 3.29. The van der Waals surface area contributed by atoms with E-state index in [2.05, 4.69) is 12.2 Å². The lowest BCUT2D eigenvalue weighted by atomic mass is 10.1.